The molecule has 0 aliphatic rings. The van der Waals surface area contributed by atoms with E-state index < -0.39 is 0 Å². The normalized spacial score (nSPS) is 3.94. The molecule has 0 heterocycles. The van der Waals surface area contributed by atoms with E-state index >= 15 is 0 Å². The van der Waals surface area contributed by atoms with Gasteiger partial charge < -0.3 is 6.42 Å². The zero-order valence-electron chi connectivity index (χ0n) is 35.0. The topological polar surface area (TPSA) is 0 Å². The summed E-state index contributed by atoms with van der Waals surface area (Å²) in [7, 11) is 0. The van der Waals surface area contributed by atoms with Crippen LogP contribution in [0.15, 0.2) is 0 Å². The van der Waals surface area contributed by atoms with Gasteiger partial charge >= 0.3 is 0 Å². The second kappa shape index (κ2) is 53.0. The van der Waals surface area contributed by atoms with Crippen molar-refractivity contribution in [2.45, 2.75) is 6.92 Å². The molecule has 0 spiro atoms. The molecule has 0 rings (SSSR count). The lowest BCUT2D eigenvalue weighted by atomic mass is 10.4. The van der Waals surface area contributed by atoms with Crippen molar-refractivity contribution >= 4 is 0 Å². The van der Waals surface area contributed by atoms with Crippen molar-refractivity contribution < 1.29 is 0 Å². The van der Waals surface area contributed by atoms with E-state index in [4.69, 9.17) is 6.42 Å². The Morgan fingerprint density at radius 3 is 0.261 bits per heavy atom. The molecule has 0 saturated heterocycles. The first-order valence-corrected chi connectivity index (χ1v) is 17.2. The summed E-state index contributed by atoms with van der Waals surface area (Å²) in [5, 5.41) is 0. The van der Waals surface area contributed by atoms with Crippen LogP contribution in [0.3, 0.4) is 0 Å². The largest absolute Gasteiger partial charge is 0.358 e. The smallest absolute Gasteiger partial charge is 0 e. The summed E-state index contributed by atoms with van der Waals surface area (Å²) in [6.07, 6.45) is 6.58. The predicted molar refractivity (Wildman–Crippen MR) is 269 cm³/mol. The molecule has 280 valence electrons. The van der Waals surface area contributed by atoms with E-state index in [2.05, 4.69) is 391 Å². The molecule has 0 aromatic heterocycles. The van der Waals surface area contributed by atoms with Gasteiger partial charge in [-0.05, 0) is 102 Å². The highest BCUT2D eigenvalue weighted by molar-refractivity contribution is 5.52. The summed E-state index contributed by atoms with van der Waals surface area (Å²) in [4.78, 5) is 0. The lowest BCUT2D eigenvalue weighted by molar-refractivity contribution is 1.92. The zero-order valence-corrected chi connectivity index (χ0v) is 35.0. The third-order valence-electron chi connectivity index (χ3n) is 4.19. The van der Waals surface area contributed by atoms with E-state index in [9.17, 15) is 0 Å². The van der Waals surface area contributed by atoms with Crippen molar-refractivity contribution in [2.75, 3.05) is 0 Å². The Labute approximate surface area is 408 Å². The fourth-order valence-electron chi connectivity index (χ4n) is 2.06. The van der Waals surface area contributed by atoms with Crippen LogP contribution < -0.4 is 0 Å². The quantitative estimate of drug-likeness (QED) is 0.250. The molecule has 0 radical (unpaired) electrons. The molecule has 0 nitrogen and oxygen atoms in total. The summed E-state index contributed by atoms with van der Waals surface area (Å²) in [6.45, 7) is 1.68. The fraction of sp³-hybridized carbons (Fsp3) is 0.0145. The van der Waals surface area contributed by atoms with E-state index in [1.54, 1.807) is 6.92 Å². The van der Waals surface area contributed by atoms with Crippen LogP contribution in [0.5, 0.6) is 0 Å². The van der Waals surface area contributed by atoms with E-state index in [-0.39, 0.29) is 0 Å². The highest BCUT2D eigenvalue weighted by Gasteiger charge is 1.64. The molecule has 0 N–H and O–H groups in total. The maximum Gasteiger partial charge on any atom is 0 e. The Kier molecular flexibility index (Phi) is 41.5. The highest BCUT2D eigenvalue weighted by atomic mass is 13.6. The second-order valence-electron chi connectivity index (χ2n) is 8.50. The maximum atomic E-state index is 6.58. The van der Waals surface area contributed by atoms with Crippen LogP contribution in [-0.2, 0) is 0 Å². The molecule has 0 aliphatic carbocycles. The molecular formula is C69H3-. The van der Waals surface area contributed by atoms with Crippen LogP contribution in [-0.4, -0.2) is 0 Å². The van der Waals surface area contributed by atoms with Gasteiger partial charge in [0, 0.05) is 278 Å². The van der Waals surface area contributed by atoms with E-state index in [0.29, 0.717) is 0 Å². The van der Waals surface area contributed by atoms with Gasteiger partial charge in [-0.25, -0.2) is 5.92 Å². The van der Waals surface area contributed by atoms with Gasteiger partial charge in [-0.3, -0.25) is 5.92 Å². The van der Waals surface area contributed by atoms with Crippen LogP contribution in [0.2, 0.25) is 0 Å². The number of rotatable bonds is 0. The molecule has 0 unspecified atom stereocenters. The zero-order chi connectivity index (χ0) is 49.4. The third-order valence-corrected chi connectivity index (χ3v) is 4.19. The van der Waals surface area contributed by atoms with E-state index in [1.165, 1.54) is 0 Å². The standard InChI is InChI=1S/C69H3/c1-3-5-7-9-11-13-15-17-19-21-23-25-27-29-31-33-35-37-39-41-43-45-47-49-51-53-55-57-59-61-63-65-67-69-68-66-64-62-60-58-56-54-52-50-48-46-44-42-40-38-36-34-32-30-28-26-24-22-20-18-16-14-12-10-8-6-4-2/h1H3/q-1. The summed E-state index contributed by atoms with van der Waals surface area (Å²) < 4.78 is 0. The number of hydrogen-bond acceptors (Lipinski definition) is 0. The van der Waals surface area contributed by atoms with Gasteiger partial charge in [0.1, 0.15) is 0 Å². The highest BCUT2D eigenvalue weighted by Crippen LogP contribution is 1.64. The Balaban J connectivity index is 4.60. The second-order valence-corrected chi connectivity index (χ2v) is 8.50. The lowest BCUT2D eigenvalue weighted by Gasteiger charge is -1.63. The summed E-state index contributed by atoms with van der Waals surface area (Å²) in [6, 6.07) is 0. The third kappa shape index (κ3) is 53.0. The van der Waals surface area contributed by atoms with Gasteiger partial charge in [-0.2, -0.15) is 0 Å². The molecule has 69 heavy (non-hydrogen) atoms. The van der Waals surface area contributed by atoms with Crippen molar-refractivity contribution in [3.8, 4) is 397 Å². The monoisotopic (exact) mass is 831 g/mol. The minimum Gasteiger partial charge on any atom is -0.358 e. The van der Waals surface area contributed by atoms with Crippen molar-refractivity contribution in [3.05, 3.63) is 6.42 Å². The van der Waals surface area contributed by atoms with Crippen LogP contribution in [0.25, 0.3) is 0 Å². The average molecular weight is 832 g/mol. The van der Waals surface area contributed by atoms with Gasteiger partial charge in [-0.15, -0.1) is 5.92 Å². The summed E-state index contributed by atoms with van der Waals surface area (Å²) in [5.41, 5.74) is 0. The molecule has 0 saturated carbocycles. The Bertz CT molecular complexity index is 4520. The van der Waals surface area contributed by atoms with Crippen LogP contribution in [0.1, 0.15) is 6.92 Å². The van der Waals surface area contributed by atoms with Crippen LogP contribution >= 0.6 is 0 Å². The SMILES string of the molecule is [C-]#CC#CC#CC#CC#CC#CC#CC#CC#CC#CC#CC#CC#CC#CC#CC#CC#CC#CC#CC#CC#CC#CC#CC#CC#CC#CC#CC#CC#CC#CC#CC#CC#CC#CC. The van der Waals surface area contributed by atoms with Gasteiger partial charge in [0.2, 0.25) is 0 Å². The Hall–Kier alpha value is -15.0. The minimum absolute atomic E-state index is 1.68. The molecule has 0 aliphatic heterocycles. The van der Waals surface area contributed by atoms with Crippen LogP contribution in [0, 0.1) is 403 Å². The fourth-order valence-corrected chi connectivity index (χ4v) is 2.06. The van der Waals surface area contributed by atoms with E-state index in [1.807, 2.05) is 5.92 Å². The molecule has 0 amide bonds. The molecular weight excluding hydrogens is 829 g/mol. The maximum absolute atomic E-state index is 6.58. The molecule has 0 aromatic carbocycles. The van der Waals surface area contributed by atoms with Crippen molar-refractivity contribution in [1.82, 2.24) is 0 Å². The van der Waals surface area contributed by atoms with Crippen molar-refractivity contribution in [1.29, 1.82) is 0 Å². The van der Waals surface area contributed by atoms with Crippen LogP contribution in [0.4, 0.5) is 0 Å². The molecule has 0 aromatic rings. The average Bonchev–Trinajstić information content (AvgIpc) is 3.36. The molecule has 0 heteroatoms. The summed E-state index contributed by atoms with van der Waals surface area (Å²) >= 11 is 0. The molecule has 0 bridgehead atoms. The molecule has 0 atom stereocenters. The molecule has 0 fully saturated rings. The van der Waals surface area contributed by atoms with Crippen molar-refractivity contribution in [2.24, 2.45) is 0 Å². The first kappa shape index (κ1) is 54.0. The first-order valence-electron chi connectivity index (χ1n) is 17.2. The lowest BCUT2D eigenvalue weighted by Crippen LogP contribution is -1.57. The number of hydrogen-bond donors (Lipinski definition) is 0. The summed E-state index contributed by atoms with van der Waals surface area (Å²) in [5.74, 6) is 166. The Morgan fingerprint density at radius 1 is 0.116 bits per heavy atom. The van der Waals surface area contributed by atoms with E-state index in [0.717, 1.165) is 0 Å². The minimum atomic E-state index is 1.68. The Morgan fingerprint density at radius 2 is 0.188 bits per heavy atom. The van der Waals surface area contributed by atoms with Crippen molar-refractivity contribution in [3.63, 3.8) is 0 Å². The van der Waals surface area contributed by atoms with Gasteiger partial charge in [0.05, 0.1) is 0 Å². The first-order chi connectivity index (χ1) is 34.4. The van der Waals surface area contributed by atoms with Gasteiger partial charge in [0.15, 0.2) is 0 Å². The van der Waals surface area contributed by atoms with Gasteiger partial charge in [0.25, 0.3) is 0 Å². The predicted octanol–water partition coefficient (Wildman–Crippen LogP) is 0.708. The van der Waals surface area contributed by atoms with Gasteiger partial charge in [-0.1, -0.05) is 5.92 Å².